The molecule has 2 saturated heterocycles. The van der Waals surface area contributed by atoms with Gasteiger partial charge >= 0.3 is 0 Å². The van der Waals surface area contributed by atoms with Crippen LogP contribution in [0, 0.1) is 5.92 Å². The quantitative estimate of drug-likeness (QED) is 0.716. The first-order valence-electron chi connectivity index (χ1n) is 6.37. The van der Waals surface area contributed by atoms with E-state index < -0.39 is 0 Å². The molecule has 0 aromatic carbocycles. The van der Waals surface area contributed by atoms with E-state index in [1.165, 1.54) is 4.90 Å². The molecular weight excluding hydrogens is 234 g/mol. The van der Waals surface area contributed by atoms with E-state index in [0.717, 1.165) is 25.9 Å². The molecule has 1 unspecified atom stereocenters. The highest BCUT2D eigenvalue weighted by Crippen LogP contribution is 2.13. The molecule has 1 atom stereocenters. The highest BCUT2D eigenvalue weighted by Gasteiger charge is 2.31. The number of carbonyl (C=O) groups is 3. The van der Waals surface area contributed by atoms with E-state index in [2.05, 4.69) is 5.32 Å². The van der Waals surface area contributed by atoms with Crippen LogP contribution in [0.1, 0.15) is 19.3 Å². The van der Waals surface area contributed by atoms with Crippen LogP contribution in [0.2, 0.25) is 0 Å². The number of rotatable bonds is 3. The number of likely N-dealkylation sites (N-methyl/N-ethyl adjacent to an activating group) is 1. The van der Waals surface area contributed by atoms with Gasteiger partial charge in [0.05, 0.1) is 12.5 Å². The predicted octanol–water partition coefficient (Wildman–Crippen LogP) is -0.797. The minimum absolute atomic E-state index is 0.000586. The van der Waals surface area contributed by atoms with Crippen molar-refractivity contribution in [1.82, 2.24) is 15.1 Å². The molecule has 2 aliphatic heterocycles. The normalized spacial score (nSPS) is 23.1. The van der Waals surface area contributed by atoms with Gasteiger partial charge in [-0.15, -0.1) is 0 Å². The van der Waals surface area contributed by atoms with Crippen LogP contribution in [0.3, 0.4) is 0 Å². The van der Waals surface area contributed by atoms with Crippen molar-refractivity contribution in [2.75, 3.05) is 33.2 Å². The van der Waals surface area contributed by atoms with E-state index in [4.69, 9.17) is 0 Å². The van der Waals surface area contributed by atoms with Crippen molar-refractivity contribution in [3.05, 3.63) is 0 Å². The second-order valence-electron chi connectivity index (χ2n) is 4.99. The lowest BCUT2D eigenvalue weighted by Gasteiger charge is -2.23. The highest BCUT2D eigenvalue weighted by atomic mass is 16.2. The van der Waals surface area contributed by atoms with Gasteiger partial charge in [-0.25, -0.2) is 0 Å². The highest BCUT2D eigenvalue weighted by molar-refractivity contribution is 5.91. The summed E-state index contributed by atoms with van der Waals surface area (Å²) in [5.74, 6) is -0.525. The molecule has 2 heterocycles. The van der Waals surface area contributed by atoms with Gasteiger partial charge in [0.15, 0.2) is 0 Å². The van der Waals surface area contributed by atoms with Crippen LogP contribution in [0.15, 0.2) is 0 Å². The Hall–Kier alpha value is -1.59. The Morgan fingerprint density at radius 3 is 2.61 bits per heavy atom. The monoisotopic (exact) mass is 253 g/mol. The number of likely N-dealkylation sites (tertiary alicyclic amines) is 1. The van der Waals surface area contributed by atoms with Crippen LogP contribution in [-0.4, -0.2) is 60.7 Å². The first kappa shape index (κ1) is 12.9. The number of nitrogens with one attached hydrogen (secondary N) is 1. The first-order chi connectivity index (χ1) is 8.58. The molecule has 2 fully saturated rings. The number of hydrogen-bond donors (Lipinski definition) is 1. The molecule has 6 heteroatoms. The Kier molecular flexibility index (Phi) is 3.84. The maximum atomic E-state index is 12.0. The van der Waals surface area contributed by atoms with Crippen LogP contribution >= 0.6 is 0 Å². The Morgan fingerprint density at radius 2 is 2.06 bits per heavy atom. The Morgan fingerprint density at radius 1 is 1.39 bits per heavy atom. The maximum Gasteiger partial charge on any atom is 0.242 e. The third kappa shape index (κ3) is 2.80. The molecule has 0 bridgehead atoms. The fourth-order valence-corrected chi connectivity index (χ4v) is 2.44. The van der Waals surface area contributed by atoms with Crippen LogP contribution < -0.4 is 5.32 Å². The summed E-state index contributed by atoms with van der Waals surface area (Å²) in [6.45, 7) is 2.10. The minimum Gasteiger partial charge on any atom is -0.355 e. The van der Waals surface area contributed by atoms with Crippen molar-refractivity contribution in [3.63, 3.8) is 0 Å². The zero-order valence-corrected chi connectivity index (χ0v) is 10.6. The van der Waals surface area contributed by atoms with E-state index in [1.807, 2.05) is 0 Å². The molecule has 0 spiro atoms. The third-order valence-electron chi connectivity index (χ3n) is 3.53. The topological polar surface area (TPSA) is 69.7 Å². The third-order valence-corrected chi connectivity index (χ3v) is 3.53. The number of amides is 3. The summed E-state index contributed by atoms with van der Waals surface area (Å²) in [7, 11) is 1.62. The zero-order chi connectivity index (χ0) is 13.1. The first-order valence-corrected chi connectivity index (χ1v) is 6.37. The molecule has 3 amide bonds. The molecule has 18 heavy (non-hydrogen) atoms. The molecule has 0 aliphatic carbocycles. The van der Waals surface area contributed by atoms with Crippen LogP contribution in [0.25, 0.3) is 0 Å². The van der Waals surface area contributed by atoms with Gasteiger partial charge in [0, 0.05) is 33.1 Å². The average Bonchev–Trinajstić information content (AvgIpc) is 2.98. The van der Waals surface area contributed by atoms with Crippen molar-refractivity contribution in [2.24, 2.45) is 5.92 Å². The van der Waals surface area contributed by atoms with Gasteiger partial charge in [0.25, 0.3) is 0 Å². The van der Waals surface area contributed by atoms with Crippen LogP contribution in [-0.2, 0) is 14.4 Å². The van der Waals surface area contributed by atoms with E-state index in [1.54, 1.807) is 11.9 Å². The average molecular weight is 253 g/mol. The van der Waals surface area contributed by atoms with Crippen LogP contribution in [0.5, 0.6) is 0 Å². The van der Waals surface area contributed by atoms with Gasteiger partial charge in [0.2, 0.25) is 17.7 Å². The lowest BCUT2D eigenvalue weighted by atomic mass is 10.1. The largest absolute Gasteiger partial charge is 0.355 e. The molecule has 0 saturated carbocycles. The van der Waals surface area contributed by atoms with Crippen molar-refractivity contribution < 1.29 is 14.4 Å². The molecule has 1 N–H and O–H groups in total. The van der Waals surface area contributed by atoms with Crippen molar-refractivity contribution in [3.8, 4) is 0 Å². The predicted molar refractivity (Wildman–Crippen MR) is 64.6 cm³/mol. The second kappa shape index (κ2) is 5.37. The summed E-state index contributed by atoms with van der Waals surface area (Å²) >= 11 is 0. The summed E-state index contributed by atoms with van der Waals surface area (Å²) < 4.78 is 0. The molecule has 0 aromatic rings. The van der Waals surface area contributed by atoms with Gasteiger partial charge in [-0.3, -0.25) is 14.4 Å². The fourth-order valence-electron chi connectivity index (χ4n) is 2.44. The molecule has 2 aliphatic rings. The van der Waals surface area contributed by atoms with E-state index >= 15 is 0 Å². The van der Waals surface area contributed by atoms with Crippen molar-refractivity contribution in [2.45, 2.75) is 19.3 Å². The standard InChI is InChI=1S/C12H19N3O3/c1-14(8-11(17)15-4-2-3-5-15)12(18)9-6-10(16)13-7-9/h9H,2-8H2,1H3,(H,13,16). The van der Waals surface area contributed by atoms with Crippen molar-refractivity contribution in [1.29, 1.82) is 0 Å². The Balaban J connectivity index is 1.83. The molecule has 2 rings (SSSR count). The Labute approximate surface area is 106 Å². The summed E-state index contributed by atoms with van der Waals surface area (Å²) in [6, 6.07) is 0. The molecular formula is C12H19N3O3. The summed E-state index contributed by atoms with van der Waals surface area (Å²) in [5, 5.41) is 2.63. The maximum absolute atomic E-state index is 12.0. The van der Waals surface area contributed by atoms with E-state index in [9.17, 15) is 14.4 Å². The lowest BCUT2D eigenvalue weighted by Crippen LogP contribution is -2.42. The van der Waals surface area contributed by atoms with E-state index in [0.29, 0.717) is 6.54 Å². The summed E-state index contributed by atoms with van der Waals surface area (Å²) in [5.41, 5.74) is 0. The van der Waals surface area contributed by atoms with E-state index in [-0.39, 0.29) is 36.6 Å². The second-order valence-corrected chi connectivity index (χ2v) is 4.99. The van der Waals surface area contributed by atoms with Gasteiger partial charge in [-0.05, 0) is 12.8 Å². The number of hydrogen-bond acceptors (Lipinski definition) is 3. The fraction of sp³-hybridized carbons (Fsp3) is 0.750. The van der Waals surface area contributed by atoms with Gasteiger partial charge in [-0.2, -0.15) is 0 Å². The lowest BCUT2D eigenvalue weighted by molar-refractivity contribution is -0.141. The number of nitrogens with zero attached hydrogens (tertiary/aromatic N) is 2. The van der Waals surface area contributed by atoms with Gasteiger partial charge in [0.1, 0.15) is 0 Å². The van der Waals surface area contributed by atoms with Crippen molar-refractivity contribution >= 4 is 17.7 Å². The van der Waals surface area contributed by atoms with Gasteiger partial charge < -0.3 is 15.1 Å². The van der Waals surface area contributed by atoms with Crippen LogP contribution in [0.4, 0.5) is 0 Å². The minimum atomic E-state index is -0.311. The molecule has 100 valence electrons. The summed E-state index contributed by atoms with van der Waals surface area (Å²) in [4.78, 5) is 38.2. The smallest absolute Gasteiger partial charge is 0.242 e. The SMILES string of the molecule is CN(CC(=O)N1CCCC1)C(=O)C1CNC(=O)C1. The molecule has 0 radical (unpaired) electrons. The number of carbonyl (C=O) groups excluding carboxylic acids is 3. The molecule has 0 aromatic heterocycles. The zero-order valence-electron chi connectivity index (χ0n) is 10.6. The van der Waals surface area contributed by atoms with Gasteiger partial charge in [-0.1, -0.05) is 0 Å². The Bertz CT molecular complexity index is 364. The molecule has 6 nitrogen and oxygen atoms in total. The summed E-state index contributed by atoms with van der Waals surface area (Å²) in [6.07, 6.45) is 2.33.